The van der Waals surface area contributed by atoms with Gasteiger partial charge in [0, 0.05) is 12.8 Å². The highest BCUT2D eigenvalue weighted by atomic mass is 16.5. The Kier molecular flexibility index (Phi) is 43.6. The van der Waals surface area contributed by atoms with Crippen LogP contribution < -0.4 is 5.32 Å². The van der Waals surface area contributed by atoms with Gasteiger partial charge in [-0.25, -0.2) is 0 Å². The van der Waals surface area contributed by atoms with Crippen molar-refractivity contribution in [2.24, 2.45) is 0 Å². The standard InChI is InChI=1S/C48H95NO5/c1-3-5-7-9-11-13-15-16-17-18-19-21-26-30-34-38-42-48(53)54-43-39-35-31-27-23-22-25-29-33-37-41-47(52)49-45(44-50)46(51)40-36-32-28-24-20-14-12-10-8-6-4-2/h45-46,50-51H,3-44H2,1-2H3,(H,49,52). The minimum atomic E-state index is -0.675. The average molecular weight is 766 g/mol. The van der Waals surface area contributed by atoms with Crippen LogP contribution in [0, 0.1) is 0 Å². The molecule has 0 radical (unpaired) electrons. The third-order valence-corrected chi connectivity index (χ3v) is 11.4. The summed E-state index contributed by atoms with van der Waals surface area (Å²) in [6, 6.07) is -0.554. The zero-order valence-corrected chi connectivity index (χ0v) is 36.5. The third kappa shape index (κ3) is 40.5. The first-order valence-corrected chi connectivity index (χ1v) is 24.3. The van der Waals surface area contributed by atoms with E-state index in [1.54, 1.807) is 0 Å². The molecule has 2 atom stereocenters. The Morgan fingerprint density at radius 3 is 1.13 bits per heavy atom. The van der Waals surface area contributed by atoms with Crippen molar-refractivity contribution < 1.29 is 24.5 Å². The number of hydrogen-bond donors (Lipinski definition) is 3. The van der Waals surface area contributed by atoms with Crippen LogP contribution in [0.15, 0.2) is 0 Å². The Morgan fingerprint density at radius 1 is 0.444 bits per heavy atom. The molecule has 0 aliphatic rings. The van der Waals surface area contributed by atoms with Gasteiger partial charge in [-0.2, -0.15) is 0 Å². The Hall–Kier alpha value is -1.14. The van der Waals surface area contributed by atoms with Crippen molar-refractivity contribution in [3.8, 4) is 0 Å². The van der Waals surface area contributed by atoms with Crippen LogP contribution in [0.4, 0.5) is 0 Å². The topological polar surface area (TPSA) is 95.9 Å². The number of aliphatic hydroxyl groups is 2. The first-order valence-electron chi connectivity index (χ1n) is 24.3. The second-order valence-electron chi connectivity index (χ2n) is 16.8. The normalized spacial score (nSPS) is 12.6. The molecule has 0 rings (SSSR count). The molecule has 0 aromatic heterocycles. The Bertz CT molecular complexity index is 761. The third-order valence-electron chi connectivity index (χ3n) is 11.4. The number of ether oxygens (including phenoxy) is 1. The van der Waals surface area contributed by atoms with Gasteiger partial charge in [0.25, 0.3) is 0 Å². The molecule has 0 aromatic rings. The summed E-state index contributed by atoms with van der Waals surface area (Å²) in [7, 11) is 0. The Balaban J connectivity index is 3.44. The lowest BCUT2D eigenvalue weighted by Gasteiger charge is -2.22. The number of carbonyl (C=O) groups is 2. The minimum Gasteiger partial charge on any atom is -0.466 e. The van der Waals surface area contributed by atoms with Gasteiger partial charge in [-0.05, 0) is 25.7 Å². The maximum absolute atomic E-state index is 12.4. The largest absolute Gasteiger partial charge is 0.466 e. The van der Waals surface area contributed by atoms with E-state index in [4.69, 9.17) is 4.74 Å². The second-order valence-corrected chi connectivity index (χ2v) is 16.8. The summed E-state index contributed by atoms with van der Waals surface area (Å²) in [5, 5.41) is 23.1. The number of carbonyl (C=O) groups excluding carboxylic acids is 2. The fourth-order valence-corrected chi connectivity index (χ4v) is 7.64. The summed E-state index contributed by atoms with van der Waals surface area (Å²) in [6.07, 6.45) is 47.8. The second kappa shape index (κ2) is 44.6. The molecular weight excluding hydrogens is 671 g/mol. The Labute approximate surface area is 336 Å². The molecule has 0 saturated carbocycles. The molecule has 1 amide bonds. The summed E-state index contributed by atoms with van der Waals surface area (Å²) in [4.78, 5) is 24.4. The number of aliphatic hydroxyl groups excluding tert-OH is 2. The van der Waals surface area contributed by atoms with Crippen LogP contribution in [0.3, 0.4) is 0 Å². The van der Waals surface area contributed by atoms with Crippen molar-refractivity contribution in [2.45, 2.75) is 283 Å². The van der Waals surface area contributed by atoms with Crippen molar-refractivity contribution in [1.29, 1.82) is 0 Å². The first kappa shape index (κ1) is 52.9. The van der Waals surface area contributed by atoms with Gasteiger partial charge in [-0.1, -0.05) is 232 Å². The summed E-state index contributed by atoms with van der Waals surface area (Å²) >= 11 is 0. The number of hydrogen-bond acceptors (Lipinski definition) is 5. The Morgan fingerprint density at radius 2 is 0.759 bits per heavy atom. The molecule has 0 saturated heterocycles. The molecule has 0 aliphatic heterocycles. The quantitative estimate of drug-likeness (QED) is 0.0424. The predicted molar refractivity (Wildman–Crippen MR) is 232 cm³/mol. The van der Waals surface area contributed by atoms with Crippen LogP contribution in [0.5, 0.6) is 0 Å². The molecule has 0 heterocycles. The maximum Gasteiger partial charge on any atom is 0.305 e. The summed E-state index contributed by atoms with van der Waals surface area (Å²) in [5.41, 5.74) is 0. The molecule has 0 fully saturated rings. The summed E-state index contributed by atoms with van der Waals surface area (Å²) < 4.78 is 5.46. The van der Waals surface area contributed by atoms with Gasteiger partial charge in [-0.15, -0.1) is 0 Å². The van der Waals surface area contributed by atoms with Gasteiger partial charge in [-0.3, -0.25) is 9.59 Å². The van der Waals surface area contributed by atoms with E-state index < -0.39 is 12.1 Å². The zero-order valence-electron chi connectivity index (χ0n) is 36.5. The zero-order chi connectivity index (χ0) is 39.4. The van der Waals surface area contributed by atoms with E-state index in [1.807, 2.05) is 0 Å². The van der Waals surface area contributed by atoms with E-state index in [9.17, 15) is 19.8 Å². The fraction of sp³-hybridized carbons (Fsp3) is 0.958. The number of rotatable bonds is 45. The number of unbranched alkanes of at least 4 members (excludes halogenated alkanes) is 34. The van der Waals surface area contributed by atoms with Crippen molar-refractivity contribution in [2.75, 3.05) is 13.2 Å². The van der Waals surface area contributed by atoms with E-state index in [2.05, 4.69) is 19.2 Å². The van der Waals surface area contributed by atoms with Gasteiger partial charge >= 0.3 is 5.97 Å². The van der Waals surface area contributed by atoms with Crippen molar-refractivity contribution in [1.82, 2.24) is 5.32 Å². The van der Waals surface area contributed by atoms with E-state index in [0.29, 0.717) is 25.9 Å². The molecule has 0 spiro atoms. The fourth-order valence-electron chi connectivity index (χ4n) is 7.64. The van der Waals surface area contributed by atoms with Crippen LogP contribution in [0.1, 0.15) is 271 Å². The van der Waals surface area contributed by atoms with Crippen LogP contribution in [0.2, 0.25) is 0 Å². The smallest absolute Gasteiger partial charge is 0.305 e. The minimum absolute atomic E-state index is 0.0153. The molecule has 322 valence electrons. The van der Waals surface area contributed by atoms with Crippen LogP contribution in [0.25, 0.3) is 0 Å². The van der Waals surface area contributed by atoms with E-state index in [-0.39, 0.29) is 18.5 Å². The highest BCUT2D eigenvalue weighted by molar-refractivity contribution is 5.76. The first-order chi connectivity index (χ1) is 26.5. The average Bonchev–Trinajstić information content (AvgIpc) is 3.17. The lowest BCUT2D eigenvalue weighted by Crippen LogP contribution is -2.45. The molecule has 0 bridgehead atoms. The summed E-state index contributed by atoms with van der Waals surface area (Å²) in [5.74, 6) is -0.0728. The molecular formula is C48H95NO5. The van der Waals surface area contributed by atoms with Crippen molar-refractivity contribution in [3.05, 3.63) is 0 Å². The highest BCUT2D eigenvalue weighted by Gasteiger charge is 2.20. The lowest BCUT2D eigenvalue weighted by molar-refractivity contribution is -0.143. The van der Waals surface area contributed by atoms with Gasteiger partial charge in [0.2, 0.25) is 5.91 Å². The highest BCUT2D eigenvalue weighted by Crippen LogP contribution is 2.16. The molecule has 6 nitrogen and oxygen atoms in total. The van der Waals surface area contributed by atoms with E-state index in [0.717, 1.165) is 57.8 Å². The molecule has 0 aliphatic carbocycles. The van der Waals surface area contributed by atoms with Crippen LogP contribution in [-0.4, -0.2) is 47.4 Å². The maximum atomic E-state index is 12.4. The predicted octanol–water partition coefficient (Wildman–Crippen LogP) is 14.0. The van der Waals surface area contributed by atoms with Gasteiger partial charge in [0.05, 0.1) is 25.4 Å². The van der Waals surface area contributed by atoms with Crippen LogP contribution >= 0.6 is 0 Å². The monoisotopic (exact) mass is 766 g/mol. The van der Waals surface area contributed by atoms with Gasteiger partial charge < -0.3 is 20.3 Å². The van der Waals surface area contributed by atoms with E-state index >= 15 is 0 Å². The number of esters is 1. The number of nitrogens with one attached hydrogen (secondary N) is 1. The molecule has 6 heteroatoms. The lowest BCUT2D eigenvalue weighted by atomic mass is 10.0. The SMILES string of the molecule is CCCCCCCCCCCCCCCCCCC(=O)OCCCCCCCCCCCCC(=O)NC(CO)C(O)CCCCCCCCCCCCC. The van der Waals surface area contributed by atoms with E-state index in [1.165, 1.54) is 180 Å². The van der Waals surface area contributed by atoms with Gasteiger partial charge in [0.15, 0.2) is 0 Å². The molecule has 3 N–H and O–H groups in total. The van der Waals surface area contributed by atoms with Gasteiger partial charge in [0.1, 0.15) is 0 Å². The summed E-state index contributed by atoms with van der Waals surface area (Å²) in [6.45, 7) is 4.90. The molecule has 0 aromatic carbocycles. The van der Waals surface area contributed by atoms with Crippen molar-refractivity contribution in [3.63, 3.8) is 0 Å². The van der Waals surface area contributed by atoms with Crippen LogP contribution in [-0.2, 0) is 14.3 Å². The number of amides is 1. The molecule has 2 unspecified atom stereocenters. The van der Waals surface area contributed by atoms with Crippen molar-refractivity contribution >= 4 is 11.9 Å². The molecule has 54 heavy (non-hydrogen) atoms.